The van der Waals surface area contributed by atoms with Gasteiger partial charge in [-0.3, -0.25) is 4.90 Å². The molecule has 5 rings (SSSR count). The Morgan fingerprint density at radius 2 is 1.69 bits per heavy atom. The molecule has 0 atom stereocenters. The van der Waals surface area contributed by atoms with Crippen molar-refractivity contribution in [2.45, 2.75) is 19.4 Å². The highest BCUT2D eigenvalue weighted by Gasteiger charge is 2.30. The van der Waals surface area contributed by atoms with Crippen LogP contribution in [0.25, 0.3) is 21.6 Å². The Hall–Kier alpha value is -4.00. The quantitative estimate of drug-likeness (QED) is 0.228. The van der Waals surface area contributed by atoms with Crippen LogP contribution in [0.5, 0.6) is 0 Å². The summed E-state index contributed by atoms with van der Waals surface area (Å²) >= 11 is 0. The van der Waals surface area contributed by atoms with Crippen molar-refractivity contribution in [1.82, 2.24) is 9.80 Å². The number of benzene rings is 3. The molecular weight excluding hydrogens is 440 g/mol. The van der Waals surface area contributed by atoms with Gasteiger partial charge in [0.05, 0.1) is 0 Å². The van der Waals surface area contributed by atoms with Gasteiger partial charge >= 0.3 is 6.09 Å². The summed E-state index contributed by atoms with van der Waals surface area (Å²) in [6.45, 7) is 5.61. The first-order valence-corrected chi connectivity index (χ1v) is 11.8. The van der Waals surface area contributed by atoms with E-state index in [1.807, 2.05) is 37.3 Å². The molecule has 178 valence electrons. The van der Waals surface area contributed by atoms with Crippen molar-refractivity contribution < 1.29 is 9.53 Å². The number of hydrogen-bond donors (Lipinski definition) is 1. The molecule has 1 aliphatic heterocycles. The largest absolute Gasteiger partial charge is 0.448 e. The third-order valence-corrected chi connectivity index (χ3v) is 7.02. The molecule has 0 saturated carbocycles. The van der Waals surface area contributed by atoms with Crippen molar-refractivity contribution in [3.8, 4) is 11.1 Å². The molecule has 35 heavy (non-hydrogen) atoms. The maximum absolute atomic E-state index is 12.9. The maximum atomic E-state index is 12.9. The smallest absolute Gasteiger partial charge is 0.409 e. The van der Waals surface area contributed by atoms with Crippen molar-refractivity contribution in [3.63, 3.8) is 0 Å². The molecule has 1 heterocycles. The molecule has 3 aromatic rings. The number of carbonyl (C=O) groups is 1. The number of ether oxygens (including phenoxy) is 1. The second kappa shape index (κ2) is 9.70. The van der Waals surface area contributed by atoms with Crippen LogP contribution in [0.4, 0.5) is 16.2 Å². The molecule has 8 heteroatoms. The molecule has 1 saturated heterocycles. The number of rotatable bonds is 5. The summed E-state index contributed by atoms with van der Waals surface area (Å²) in [6.07, 6.45) is -0.266. The fraction of sp³-hybridized carbons (Fsp3) is 0.296. The summed E-state index contributed by atoms with van der Waals surface area (Å²) in [7, 11) is 0. The third-order valence-electron chi connectivity index (χ3n) is 7.02. The Bertz CT molecular complexity index is 1260. The van der Waals surface area contributed by atoms with Crippen LogP contribution >= 0.6 is 0 Å². The second-order valence-electron chi connectivity index (χ2n) is 9.08. The number of hydrogen-bond acceptors (Lipinski definition) is 5. The second-order valence-corrected chi connectivity index (χ2v) is 9.08. The minimum absolute atomic E-state index is 0.0596. The predicted molar refractivity (Wildman–Crippen MR) is 136 cm³/mol. The van der Waals surface area contributed by atoms with Crippen LogP contribution in [0.2, 0.25) is 0 Å². The van der Waals surface area contributed by atoms with Crippen LogP contribution in [0, 0.1) is 6.92 Å². The summed E-state index contributed by atoms with van der Waals surface area (Å²) in [6, 6.07) is 20.3. The molecule has 0 aromatic heterocycles. The van der Waals surface area contributed by atoms with Crippen LogP contribution in [-0.4, -0.2) is 48.7 Å². The van der Waals surface area contributed by atoms with Crippen LogP contribution in [0.3, 0.4) is 0 Å². The van der Waals surface area contributed by atoms with Crippen molar-refractivity contribution >= 4 is 17.5 Å². The standard InChI is InChI=1S/C27H28N6O2/c1-18-19(14-20(28)15-26(18)30-31-29)16-32-10-12-33(13-11-32)27(34)35-17-25-23-8-4-2-6-21(23)22-7-3-5-9-24(22)25/h2-9,14-15,25H,10-13,16-17,28H2,1H3. The molecule has 0 spiro atoms. The van der Waals surface area contributed by atoms with E-state index in [0.717, 1.165) is 24.2 Å². The lowest BCUT2D eigenvalue weighted by Gasteiger charge is -2.34. The number of piperazine rings is 1. The number of nitrogens with two attached hydrogens (primary N) is 1. The zero-order valence-corrected chi connectivity index (χ0v) is 19.7. The lowest BCUT2D eigenvalue weighted by Crippen LogP contribution is -2.48. The average Bonchev–Trinajstić information content (AvgIpc) is 3.19. The molecule has 1 aliphatic carbocycles. The minimum Gasteiger partial charge on any atom is -0.448 e. The Morgan fingerprint density at radius 1 is 1.06 bits per heavy atom. The maximum Gasteiger partial charge on any atom is 0.409 e. The van der Waals surface area contributed by atoms with E-state index in [2.05, 4.69) is 39.2 Å². The molecule has 0 radical (unpaired) electrons. The third kappa shape index (κ3) is 4.54. The number of amides is 1. The molecular formula is C27H28N6O2. The molecule has 2 N–H and O–H groups in total. The molecule has 1 fully saturated rings. The molecule has 3 aromatic carbocycles. The zero-order valence-electron chi connectivity index (χ0n) is 19.7. The fourth-order valence-corrected chi connectivity index (χ4v) is 5.11. The van der Waals surface area contributed by atoms with E-state index in [4.69, 9.17) is 16.0 Å². The van der Waals surface area contributed by atoms with Gasteiger partial charge in [0, 0.05) is 54.9 Å². The van der Waals surface area contributed by atoms with E-state index >= 15 is 0 Å². The lowest BCUT2D eigenvalue weighted by molar-refractivity contribution is 0.0728. The number of anilines is 1. The number of nitrogens with zero attached hydrogens (tertiary/aromatic N) is 5. The van der Waals surface area contributed by atoms with Gasteiger partial charge in [0.1, 0.15) is 6.61 Å². The van der Waals surface area contributed by atoms with Gasteiger partial charge in [-0.1, -0.05) is 53.6 Å². The SMILES string of the molecule is Cc1c(CN2CCN(C(=O)OCC3c4ccccc4-c4ccccc43)CC2)cc(N)cc1N=[N+]=[N-]. The van der Waals surface area contributed by atoms with Crippen LogP contribution in [0.15, 0.2) is 65.8 Å². The van der Waals surface area contributed by atoms with Gasteiger partial charge in [0.15, 0.2) is 0 Å². The van der Waals surface area contributed by atoms with Gasteiger partial charge in [-0.15, -0.1) is 0 Å². The number of fused-ring (bicyclic) bond motifs is 3. The molecule has 2 aliphatic rings. The first kappa shape index (κ1) is 22.8. The van der Waals surface area contributed by atoms with Crippen LogP contribution < -0.4 is 5.73 Å². The van der Waals surface area contributed by atoms with Gasteiger partial charge in [-0.05, 0) is 58.0 Å². The highest BCUT2D eigenvalue weighted by Crippen LogP contribution is 2.44. The van der Waals surface area contributed by atoms with Gasteiger partial charge in [-0.2, -0.15) is 0 Å². The molecule has 1 amide bonds. The minimum atomic E-state index is -0.266. The van der Waals surface area contributed by atoms with Gasteiger partial charge in [0.2, 0.25) is 0 Å². The summed E-state index contributed by atoms with van der Waals surface area (Å²) in [4.78, 5) is 19.8. The molecule has 8 nitrogen and oxygen atoms in total. The average molecular weight is 469 g/mol. The Labute approximate surface area is 204 Å². The monoisotopic (exact) mass is 468 g/mol. The Kier molecular flexibility index (Phi) is 6.31. The van der Waals surface area contributed by atoms with Crippen molar-refractivity contribution in [1.29, 1.82) is 0 Å². The first-order valence-electron chi connectivity index (χ1n) is 11.8. The predicted octanol–water partition coefficient (Wildman–Crippen LogP) is 5.59. The van der Waals surface area contributed by atoms with E-state index in [0.29, 0.717) is 37.6 Å². The van der Waals surface area contributed by atoms with Crippen molar-refractivity contribution in [2.75, 3.05) is 38.5 Å². The highest BCUT2D eigenvalue weighted by atomic mass is 16.6. The van der Waals surface area contributed by atoms with Crippen molar-refractivity contribution in [3.05, 3.63) is 93.4 Å². The summed E-state index contributed by atoms with van der Waals surface area (Å²) in [5.41, 5.74) is 22.7. The Balaban J connectivity index is 1.19. The van der Waals surface area contributed by atoms with Crippen LogP contribution in [-0.2, 0) is 11.3 Å². The topological polar surface area (TPSA) is 108 Å². The summed E-state index contributed by atoms with van der Waals surface area (Å²) in [5.74, 6) is 0.0596. The van der Waals surface area contributed by atoms with E-state index in [-0.39, 0.29) is 12.0 Å². The summed E-state index contributed by atoms with van der Waals surface area (Å²) in [5, 5.41) is 3.75. The van der Waals surface area contributed by atoms with E-state index in [1.54, 1.807) is 11.0 Å². The number of azide groups is 1. The number of carbonyl (C=O) groups excluding carboxylic acids is 1. The van der Waals surface area contributed by atoms with E-state index in [1.165, 1.54) is 22.3 Å². The van der Waals surface area contributed by atoms with Gasteiger partial charge in [0.25, 0.3) is 0 Å². The zero-order chi connectivity index (χ0) is 24.4. The normalized spacial score (nSPS) is 15.3. The van der Waals surface area contributed by atoms with Gasteiger partial charge < -0.3 is 15.4 Å². The lowest BCUT2D eigenvalue weighted by atomic mass is 9.98. The molecule has 0 bridgehead atoms. The Morgan fingerprint density at radius 3 is 2.31 bits per heavy atom. The number of nitrogen functional groups attached to an aromatic ring is 1. The molecule has 0 unspecified atom stereocenters. The first-order chi connectivity index (χ1) is 17.0. The fourth-order valence-electron chi connectivity index (χ4n) is 5.11. The highest BCUT2D eigenvalue weighted by molar-refractivity contribution is 5.79. The van der Waals surface area contributed by atoms with E-state index < -0.39 is 0 Å². The van der Waals surface area contributed by atoms with E-state index in [9.17, 15) is 4.79 Å². The van der Waals surface area contributed by atoms with Gasteiger partial charge in [-0.25, -0.2) is 4.79 Å². The van der Waals surface area contributed by atoms with Crippen molar-refractivity contribution in [2.24, 2.45) is 5.11 Å². The summed E-state index contributed by atoms with van der Waals surface area (Å²) < 4.78 is 5.82. The van der Waals surface area contributed by atoms with Crippen LogP contribution in [0.1, 0.15) is 28.2 Å².